The van der Waals surface area contributed by atoms with Crippen LogP contribution in [0.15, 0.2) is 24.4 Å². The first-order valence-electron chi connectivity index (χ1n) is 8.71. The maximum atomic E-state index is 14.5. The van der Waals surface area contributed by atoms with Crippen molar-refractivity contribution in [1.82, 2.24) is 4.57 Å². The zero-order valence-electron chi connectivity index (χ0n) is 16.3. The van der Waals surface area contributed by atoms with Crippen molar-refractivity contribution in [3.05, 3.63) is 30.2 Å². The Hall–Kier alpha value is -1.86. The van der Waals surface area contributed by atoms with Gasteiger partial charge in [-0.15, -0.1) is 0 Å². The quantitative estimate of drug-likeness (QED) is 0.724. The summed E-state index contributed by atoms with van der Waals surface area (Å²) in [5.74, 6) is -0.504. The predicted molar refractivity (Wildman–Crippen MR) is 99.2 cm³/mol. The molecule has 0 unspecified atom stereocenters. The van der Waals surface area contributed by atoms with E-state index in [0.29, 0.717) is 10.8 Å². The predicted octanol–water partition coefficient (Wildman–Crippen LogP) is 3.86. The highest BCUT2D eigenvalue weighted by Gasteiger charge is 2.52. The fraction of sp³-hybridized carbons (Fsp3) is 0.526. The molecule has 2 heterocycles. The number of ether oxygens (including phenoxy) is 1. The number of benzene rings is 1. The number of fused-ring (bicyclic) bond motifs is 1. The number of para-hydroxylation sites is 1. The largest absolute Gasteiger partial charge is 0.497 e. The van der Waals surface area contributed by atoms with Crippen molar-refractivity contribution < 1.29 is 23.2 Å². The summed E-state index contributed by atoms with van der Waals surface area (Å²) in [5, 5.41) is 0.564. The van der Waals surface area contributed by atoms with E-state index < -0.39 is 35.8 Å². The number of hydrogen-bond donors (Lipinski definition) is 0. The van der Waals surface area contributed by atoms with Gasteiger partial charge in [0, 0.05) is 17.0 Å². The number of carbonyl (C=O) groups is 1. The highest BCUT2D eigenvalue weighted by atomic mass is 19.1. The van der Waals surface area contributed by atoms with Gasteiger partial charge < -0.3 is 14.0 Å². The van der Waals surface area contributed by atoms with E-state index in [4.69, 9.17) is 14.0 Å². The van der Waals surface area contributed by atoms with Gasteiger partial charge in [-0.2, -0.15) is 0 Å². The fourth-order valence-electron chi connectivity index (χ4n) is 2.88. The molecule has 0 atom stereocenters. The van der Waals surface area contributed by atoms with Gasteiger partial charge in [-0.1, -0.05) is 12.1 Å². The fourth-order valence-corrected chi connectivity index (χ4v) is 2.88. The Bertz CT molecular complexity index is 850. The lowest BCUT2D eigenvalue weighted by Gasteiger charge is -2.32. The second-order valence-corrected chi connectivity index (χ2v) is 8.66. The Morgan fingerprint density at radius 2 is 1.73 bits per heavy atom. The van der Waals surface area contributed by atoms with Crippen LogP contribution >= 0.6 is 0 Å². The van der Waals surface area contributed by atoms with Crippen molar-refractivity contribution in [3.63, 3.8) is 0 Å². The minimum Gasteiger partial charge on any atom is -0.443 e. The normalized spacial score (nSPS) is 19.2. The molecule has 0 bridgehead atoms. The molecule has 1 aromatic carbocycles. The molecule has 0 N–H and O–H groups in total. The highest BCUT2D eigenvalue weighted by Crippen LogP contribution is 2.37. The van der Waals surface area contributed by atoms with Crippen LogP contribution < -0.4 is 5.46 Å². The molecule has 0 amide bonds. The van der Waals surface area contributed by atoms with Crippen molar-refractivity contribution in [2.75, 3.05) is 0 Å². The zero-order valence-corrected chi connectivity index (χ0v) is 16.3. The van der Waals surface area contributed by atoms with Crippen LogP contribution in [-0.4, -0.2) is 34.6 Å². The molecule has 2 aromatic rings. The molecule has 0 aliphatic carbocycles. The topological polar surface area (TPSA) is 49.7 Å². The molecule has 0 radical (unpaired) electrons. The lowest BCUT2D eigenvalue weighted by molar-refractivity contribution is 0.00578. The summed E-state index contributed by atoms with van der Waals surface area (Å²) in [6, 6.07) is 4.67. The van der Waals surface area contributed by atoms with Crippen molar-refractivity contribution in [1.29, 1.82) is 0 Å². The van der Waals surface area contributed by atoms with Crippen LogP contribution in [0.25, 0.3) is 10.9 Å². The molecule has 0 spiro atoms. The van der Waals surface area contributed by atoms with E-state index in [1.54, 1.807) is 39.1 Å². The highest BCUT2D eigenvalue weighted by molar-refractivity contribution is 6.65. The van der Waals surface area contributed by atoms with Crippen LogP contribution in [0.4, 0.5) is 9.18 Å². The Balaban J connectivity index is 2.11. The third kappa shape index (κ3) is 3.14. The molecule has 3 rings (SSSR count). The number of aromatic nitrogens is 1. The Morgan fingerprint density at radius 1 is 1.15 bits per heavy atom. The lowest BCUT2D eigenvalue weighted by Crippen LogP contribution is -2.41. The maximum Gasteiger partial charge on any atom is 0.497 e. The van der Waals surface area contributed by atoms with E-state index in [1.807, 2.05) is 27.7 Å². The molecule has 0 saturated carbocycles. The van der Waals surface area contributed by atoms with Gasteiger partial charge in [0.1, 0.15) is 11.4 Å². The summed E-state index contributed by atoms with van der Waals surface area (Å²) in [4.78, 5) is 12.6. The number of carbonyl (C=O) groups excluding carboxylic acids is 1. The van der Waals surface area contributed by atoms with Crippen LogP contribution in [-0.2, 0) is 14.0 Å². The van der Waals surface area contributed by atoms with E-state index in [-0.39, 0.29) is 5.52 Å². The number of hydrogen-bond acceptors (Lipinski definition) is 4. The van der Waals surface area contributed by atoms with Gasteiger partial charge in [0.2, 0.25) is 0 Å². The van der Waals surface area contributed by atoms with Crippen LogP contribution in [0, 0.1) is 5.82 Å². The molecule has 1 aliphatic rings. The Labute approximate surface area is 153 Å². The van der Waals surface area contributed by atoms with E-state index >= 15 is 0 Å². The summed E-state index contributed by atoms with van der Waals surface area (Å²) in [6.45, 7) is 13.1. The third-order valence-electron chi connectivity index (χ3n) is 4.90. The van der Waals surface area contributed by atoms with E-state index in [1.165, 1.54) is 10.6 Å². The summed E-state index contributed by atoms with van der Waals surface area (Å²) in [5.41, 5.74) is -1.00. The average molecular weight is 361 g/mol. The molecular formula is C19H25BFNO4. The van der Waals surface area contributed by atoms with Gasteiger partial charge in [-0.25, -0.2) is 13.8 Å². The van der Waals surface area contributed by atoms with Crippen molar-refractivity contribution in [3.8, 4) is 0 Å². The lowest BCUT2D eigenvalue weighted by atomic mass is 9.79. The standard InChI is InChI=1S/C19H25BFNO4/c1-17(2,3)24-16(23)22-11-13(12-9-8-10-14(21)15(12)22)20-25-18(4,5)19(6,7)26-20/h8-11H,1-7H3. The number of nitrogens with zero attached hydrogens (tertiary/aromatic N) is 1. The summed E-state index contributed by atoms with van der Waals surface area (Å²) in [6.07, 6.45) is 0.902. The minimum atomic E-state index is -0.701. The molecule has 1 aromatic heterocycles. The SMILES string of the molecule is CC(C)(C)OC(=O)n1cc(B2OC(C)(C)C(C)(C)O2)c2cccc(F)c21. The first-order chi connectivity index (χ1) is 11.8. The van der Waals surface area contributed by atoms with Crippen molar-refractivity contribution in [2.45, 2.75) is 65.3 Å². The molecule has 26 heavy (non-hydrogen) atoms. The van der Waals surface area contributed by atoms with Gasteiger partial charge in [0.15, 0.2) is 0 Å². The molecular weight excluding hydrogens is 336 g/mol. The van der Waals surface area contributed by atoms with E-state index in [9.17, 15) is 9.18 Å². The Kier molecular flexibility index (Phi) is 4.24. The maximum absolute atomic E-state index is 14.5. The van der Waals surface area contributed by atoms with Gasteiger partial charge >= 0.3 is 13.2 Å². The first-order valence-corrected chi connectivity index (χ1v) is 8.71. The number of halogens is 1. The van der Waals surface area contributed by atoms with Crippen LogP contribution in [0.2, 0.25) is 0 Å². The van der Waals surface area contributed by atoms with Gasteiger partial charge in [0.25, 0.3) is 0 Å². The van der Waals surface area contributed by atoms with Crippen LogP contribution in [0.3, 0.4) is 0 Å². The second-order valence-electron chi connectivity index (χ2n) is 8.66. The second kappa shape index (κ2) is 5.82. The molecule has 7 heteroatoms. The van der Waals surface area contributed by atoms with Gasteiger partial charge in [-0.3, -0.25) is 0 Å². The summed E-state index contributed by atoms with van der Waals surface area (Å²) >= 11 is 0. The summed E-state index contributed by atoms with van der Waals surface area (Å²) in [7, 11) is -0.701. The smallest absolute Gasteiger partial charge is 0.443 e. The molecule has 1 fully saturated rings. The minimum absolute atomic E-state index is 0.159. The van der Waals surface area contributed by atoms with Gasteiger partial charge in [0.05, 0.1) is 16.7 Å². The number of rotatable bonds is 1. The van der Waals surface area contributed by atoms with Crippen molar-refractivity contribution in [2.24, 2.45) is 0 Å². The van der Waals surface area contributed by atoms with E-state index in [0.717, 1.165) is 0 Å². The molecule has 1 saturated heterocycles. The average Bonchev–Trinajstić information content (AvgIpc) is 2.94. The Morgan fingerprint density at radius 3 is 2.27 bits per heavy atom. The van der Waals surface area contributed by atoms with Gasteiger partial charge in [-0.05, 0) is 54.5 Å². The zero-order chi connectivity index (χ0) is 19.5. The molecule has 1 aliphatic heterocycles. The van der Waals surface area contributed by atoms with Crippen LogP contribution in [0.5, 0.6) is 0 Å². The van der Waals surface area contributed by atoms with Crippen LogP contribution in [0.1, 0.15) is 48.5 Å². The molecule has 5 nitrogen and oxygen atoms in total. The first kappa shape index (κ1) is 18.9. The molecule has 140 valence electrons. The third-order valence-corrected chi connectivity index (χ3v) is 4.90. The van der Waals surface area contributed by atoms with E-state index in [2.05, 4.69) is 0 Å². The summed E-state index contributed by atoms with van der Waals surface area (Å²) < 4.78 is 33.3. The van der Waals surface area contributed by atoms with Crippen molar-refractivity contribution >= 4 is 29.6 Å². The monoisotopic (exact) mass is 361 g/mol.